The second kappa shape index (κ2) is 4.33. The standard InChI is InChI=1S/C12H12N6/c13-10-5-2-1-4-9(10)12-15-11(16-17-12)8-18-7-3-6-14-18/h1-7H,8,13H2,(H,15,16,17). The summed E-state index contributed by atoms with van der Waals surface area (Å²) in [5, 5.41) is 11.2. The molecule has 0 aliphatic heterocycles. The van der Waals surface area contributed by atoms with Crippen LogP contribution in [0.3, 0.4) is 0 Å². The molecule has 6 nitrogen and oxygen atoms in total. The Hall–Kier alpha value is -2.63. The molecule has 3 N–H and O–H groups in total. The van der Waals surface area contributed by atoms with E-state index in [2.05, 4.69) is 20.3 Å². The smallest absolute Gasteiger partial charge is 0.183 e. The van der Waals surface area contributed by atoms with E-state index in [9.17, 15) is 0 Å². The van der Waals surface area contributed by atoms with Gasteiger partial charge in [-0.15, -0.1) is 0 Å². The molecule has 0 aliphatic rings. The van der Waals surface area contributed by atoms with Crippen molar-refractivity contribution in [1.82, 2.24) is 25.0 Å². The molecule has 0 unspecified atom stereocenters. The third-order valence-electron chi connectivity index (χ3n) is 2.60. The maximum Gasteiger partial charge on any atom is 0.183 e. The fourth-order valence-corrected chi connectivity index (χ4v) is 1.73. The average Bonchev–Trinajstić information content (AvgIpc) is 3.02. The fourth-order valence-electron chi connectivity index (χ4n) is 1.73. The molecular formula is C12H12N6. The van der Waals surface area contributed by atoms with Crippen molar-refractivity contribution in [2.24, 2.45) is 0 Å². The molecule has 90 valence electrons. The number of aromatic amines is 1. The molecule has 0 fully saturated rings. The first-order valence-electron chi connectivity index (χ1n) is 5.56. The molecule has 2 aromatic heterocycles. The van der Waals surface area contributed by atoms with Gasteiger partial charge in [0.2, 0.25) is 0 Å². The predicted octanol–water partition coefficient (Wildman–Crippen LogP) is 1.30. The molecule has 0 amide bonds. The zero-order valence-corrected chi connectivity index (χ0v) is 9.61. The average molecular weight is 240 g/mol. The highest BCUT2D eigenvalue weighted by atomic mass is 15.3. The van der Waals surface area contributed by atoms with Crippen molar-refractivity contribution in [3.63, 3.8) is 0 Å². The van der Waals surface area contributed by atoms with Crippen LogP contribution in [0.1, 0.15) is 5.82 Å². The minimum Gasteiger partial charge on any atom is -0.398 e. The van der Waals surface area contributed by atoms with Gasteiger partial charge < -0.3 is 5.73 Å². The normalized spacial score (nSPS) is 10.7. The summed E-state index contributed by atoms with van der Waals surface area (Å²) >= 11 is 0. The number of aromatic nitrogens is 5. The highest BCUT2D eigenvalue weighted by Gasteiger charge is 2.08. The van der Waals surface area contributed by atoms with Crippen LogP contribution in [0.4, 0.5) is 5.69 Å². The molecule has 0 aliphatic carbocycles. The molecule has 2 heterocycles. The summed E-state index contributed by atoms with van der Waals surface area (Å²) in [5.74, 6) is 1.35. The van der Waals surface area contributed by atoms with Crippen LogP contribution in [0.15, 0.2) is 42.7 Å². The third kappa shape index (κ3) is 1.95. The number of anilines is 1. The Balaban J connectivity index is 1.88. The van der Waals surface area contributed by atoms with Crippen molar-refractivity contribution in [3.8, 4) is 11.4 Å². The molecule has 3 rings (SSSR count). The number of H-pyrrole nitrogens is 1. The third-order valence-corrected chi connectivity index (χ3v) is 2.60. The van der Waals surface area contributed by atoms with Crippen molar-refractivity contribution in [2.75, 3.05) is 5.73 Å². The Labute approximate surface area is 103 Å². The Morgan fingerprint density at radius 3 is 2.89 bits per heavy atom. The van der Waals surface area contributed by atoms with E-state index >= 15 is 0 Å². The first-order valence-corrected chi connectivity index (χ1v) is 5.56. The number of benzene rings is 1. The monoisotopic (exact) mass is 240 g/mol. The van der Waals surface area contributed by atoms with Gasteiger partial charge in [0.15, 0.2) is 5.82 Å². The quantitative estimate of drug-likeness (QED) is 0.676. The van der Waals surface area contributed by atoms with Crippen LogP contribution in [-0.2, 0) is 6.54 Å². The first kappa shape index (κ1) is 10.5. The minimum absolute atomic E-state index is 0.562. The summed E-state index contributed by atoms with van der Waals surface area (Å²) in [6, 6.07) is 9.40. The molecule has 0 spiro atoms. The lowest BCUT2D eigenvalue weighted by atomic mass is 10.2. The lowest BCUT2D eigenvalue weighted by Crippen LogP contribution is -2.01. The van der Waals surface area contributed by atoms with Gasteiger partial charge in [0.1, 0.15) is 12.4 Å². The van der Waals surface area contributed by atoms with Crippen LogP contribution in [0.25, 0.3) is 11.4 Å². The molecule has 6 heteroatoms. The van der Waals surface area contributed by atoms with Gasteiger partial charge >= 0.3 is 0 Å². The van der Waals surface area contributed by atoms with Crippen LogP contribution in [-0.4, -0.2) is 25.0 Å². The molecule has 0 bridgehead atoms. The maximum absolute atomic E-state index is 5.89. The van der Waals surface area contributed by atoms with Gasteiger partial charge in [0.25, 0.3) is 0 Å². The topological polar surface area (TPSA) is 85.4 Å². The van der Waals surface area contributed by atoms with E-state index in [0.717, 1.165) is 11.4 Å². The molecule has 3 aromatic rings. The summed E-state index contributed by atoms with van der Waals surface area (Å²) in [6.45, 7) is 0.562. The number of nitrogen functional groups attached to an aromatic ring is 1. The van der Waals surface area contributed by atoms with Gasteiger partial charge in [0.05, 0.1) is 0 Å². The lowest BCUT2D eigenvalue weighted by Gasteiger charge is -1.99. The van der Waals surface area contributed by atoms with Crippen molar-refractivity contribution in [3.05, 3.63) is 48.5 Å². The van der Waals surface area contributed by atoms with E-state index < -0.39 is 0 Å². The second-order valence-electron chi connectivity index (χ2n) is 3.90. The summed E-state index contributed by atoms with van der Waals surface area (Å²) in [4.78, 5) is 4.41. The van der Waals surface area contributed by atoms with E-state index in [0.29, 0.717) is 18.1 Å². The Morgan fingerprint density at radius 2 is 2.11 bits per heavy atom. The van der Waals surface area contributed by atoms with E-state index in [1.165, 1.54) is 0 Å². The number of nitrogens with two attached hydrogens (primary N) is 1. The zero-order chi connectivity index (χ0) is 12.4. The number of hydrogen-bond acceptors (Lipinski definition) is 4. The summed E-state index contributed by atoms with van der Waals surface area (Å²) in [7, 11) is 0. The van der Waals surface area contributed by atoms with Gasteiger partial charge in [-0.05, 0) is 18.2 Å². The van der Waals surface area contributed by atoms with Crippen molar-refractivity contribution >= 4 is 5.69 Å². The molecule has 0 saturated heterocycles. The number of rotatable bonds is 3. The Morgan fingerprint density at radius 1 is 1.22 bits per heavy atom. The molecule has 0 radical (unpaired) electrons. The minimum atomic E-state index is 0.562. The molecular weight excluding hydrogens is 228 g/mol. The van der Waals surface area contributed by atoms with E-state index in [4.69, 9.17) is 5.73 Å². The second-order valence-corrected chi connectivity index (χ2v) is 3.90. The SMILES string of the molecule is Nc1ccccc1-c1n[nH]c(Cn2cccn2)n1. The van der Waals surface area contributed by atoms with E-state index in [1.807, 2.05) is 36.5 Å². The molecule has 0 atom stereocenters. The van der Waals surface area contributed by atoms with Crippen LogP contribution in [0.2, 0.25) is 0 Å². The predicted molar refractivity (Wildman–Crippen MR) is 67.6 cm³/mol. The van der Waals surface area contributed by atoms with Crippen LogP contribution in [0, 0.1) is 0 Å². The Bertz CT molecular complexity index is 640. The van der Waals surface area contributed by atoms with E-state index in [-0.39, 0.29) is 0 Å². The van der Waals surface area contributed by atoms with Crippen LogP contribution < -0.4 is 5.73 Å². The summed E-state index contributed by atoms with van der Waals surface area (Å²) in [5.41, 5.74) is 7.39. The van der Waals surface area contributed by atoms with Gasteiger partial charge in [-0.2, -0.15) is 10.2 Å². The zero-order valence-electron chi connectivity index (χ0n) is 9.61. The van der Waals surface area contributed by atoms with Crippen molar-refractivity contribution < 1.29 is 0 Å². The number of hydrogen-bond donors (Lipinski definition) is 2. The maximum atomic E-state index is 5.89. The summed E-state index contributed by atoms with van der Waals surface area (Å²) < 4.78 is 1.78. The van der Waals surface area contributed by atoms with Gasteiger partial charge in [-0.1, -0.05) is 12.1 Å². The molecule has 1 aromatic carbocycles. The van der Waals surface area contributed by atoms with E-state index in [1.54, 1.807) is 10.9 Å². The van der Waals surface area contributed by atoms with Gasteiger partial charge in [0, 0.05) is 23.6 Å². The van der Waals surface area contributed by atoms with Crippen LogP contribution >= 0.6 is 0 Å². The number of nitrogens with one attached hydrogen (secondary N) is 1. The first-order chi connectivity index (χ1) is 8.83. The van der Waals surface area contributed by atoms with Gasteiger partial charge in [-0.3, -0.25) is 9.78 Å². The Kier molecular flexibility index (Phi) is 2.53. The molecule has 18 heavy (non-hydrogen) atoms. The largest absolute Gasteiger partial charge is 0.398 e. The highest BCUT2D eigenvalue weighted by molar-refractivity contribution is 5.70. The molecule has 0 saturated carbocycles. The lowest BCUT2D eigenvalue weighted by molar-refractivity contribution is 0.657. The highest BCUT2D eigenvalue weighted by Crippen LogP contribution is 2.21. The van der Waals surface area contributed by atoms with Crippen LogP contribution in [0.5, 0.6) is 0 Å². The van der Waals surface area contributed by atoms with Crippen molar-refractivity contribution in [2.45, 2.75) is 6.54 Å². The fraction of sp³-hybridized carbons (Fsp3) is 0.0833. The number of para-hydroxylation sites is 1. The van der Waals surface area contributed by atoms with Crippen molar-refractivity contribution in [1.29, 1.82) is 0 Å². The summed E-state index contributed by atoms with van der Waals surface area (Å²) in [6.07, 6.45) is 3.60. The van der Waals surface area contributed by atoms with Gasteiger partial charge in [-0.25, -0.2) is 4.98 Å². The number of nitrogens with zero attached hydrogens (tertiary/aromatic N) is 4.